The molecule has 1 aliphatic rings. The van der Waals surface area contributed by atoms with Crippen LogP contribution in [-0.4, -0.2) is 28.8 Å². The molecule has 2 N–H and O–H groups in total. The van der Waals surface area contributed by atoms with Crippen LogP contribution >= 0.6 is 12.4 Å². The smallest absolute Gasteiger partial charge is 0.224 e. The predicted octanol–water partition coefficient (Wildman–Crippen LogP) is 0.458. The minimum Gasteiger partial charge on any atom is -0.350 e. The van der Waals surface area contributed by atoms with Crippen LogP contribution in [0.15, 0.2) is 12.3 Å². The van der Waals surface area contributed by atoms with E-state index in [-0.39, 0.29) is 24.2 Å². The van der Waals surface area contributed by atoms with Crippen LogP contribution in [0.1, 0.15) is 18.5 Å². The van der Waals surface area contributed by atoms with Gasteiger partial charge in [-0.2, -0.15) is 5.10 Å². The van der Waals surface area contributed by atoms with Crippen LogP contribution in [0, 0.1) is 5.92 Å². The zero-order valence-corrected chi connectivity index (χ0v) is 10.8. The standard InChI is InChI=1S/C11H18N4O.ClH/c1-15-10(4-6-14-15)8-13-11(16)9-3-2-5-12-7-9;/h4,6,9,12H,2-3,5,7-8H2,1H3,(H,13,16);1H. The van der Waals surface area contributed by atoms with E-state index in [0.29, 0.717) is 6.54 Å². The summed E-state index contributed by atoms with van der Waals surface area (Å²) in [5, 5.41) is 10.3. The molecule has 5 nitrogen and oxygen atoms in total. The molecule has 1 aromatic heterocycles. The van der Waals surface area contributed by atoms with E-state index >= 15 is 0 Å². The number of hydrogen-bond donors (Lipinski definition) is 2. The lowest BCUT2D eigenvalue weighted by Crippen LogP contribution is -2.40. The Labute approximate surface area is 107 Å². The average Bonchev–Trinajstić information content (AvgIpc) is 2.73. The third-order valence-electron chi connectivity index (χ3n) is 3.03. The first-order chi connectivity index (χ1) is 7.77. The Hall–Kier alpha value is -1.07. The van der Waals surface area contributed by atoms with Gasteiger partial charge in [-0.1, -0.05) is 0 Å². The lowest BCUT2D eigenvalue weighted by atomic mass is 9.99. The van der Waals surface area contributed by atoms with E-state index in [2.05, 4.69) is 15.7 Å². The maximum absolute atomic E-state index is 11.8. The highest BCUT2D eigenvalue weighted by molar-refractivity contribution is 5.85. The molecule has 0 radical (unpaired) electrons. The van der Waals surface area contributed by atoms with Gasteiger partial charge in [-0.15, -0.1) is 12.4 Å². The molecule has 0 aliphatic carbocycles. The van der Waals surface area contributed by atoms with Crippen molar-refractivity contribution in [1.29, 1.82) is 0 Å². The molecule has 1 aliphatic heterocycles. The molecular formula is C11H19ClN4O. The van der Waals surface area contributed by atoms with Crippen molar-refractivity contribution < 1.29 is 4.79 Å². The van der Waals surface area contributed by atoms with Gasteiger partial charge in [-0.25, -0.2) is 0 Å². The molecule has 1 aromatic rings. The molecular weight excluding hydrogens is 240 g/mol. The minimum atomic E-state index is 0. The number of carbonyl (C=O) groups excluding carboxylic acids is 1. The summed E-state index contributed by atoms with van der Waals surface area (Å²) in [5.41, 5.74) is 1.03. The van der Waals surface area contributed by atoms with Crippen LogP contribution in [0.5, 0.6) is 0 Å². The number of nitrogens with one attached hydrogen (secondary N) is 2. The zero-order chi connectivity index (χ0) is 11.4. The lowest BCUT2D eigenvalue weighted by molar-refractivity contribution is -0.125. The third-order valence-corrected chi connectivity index (χ3v) is 3.03. The van der Waals surface area contributed by atoms with Gasteiger partial charge in [-0.05, 0) is 25.5 Å². The summed E-state index contributed by atoms with van der Waals surface area (Å²) in [4.78, 5) is 11.8. The summed E-state index contributed by atoms with van der Waals surface area (Å²) in [6.45, 7) is 2.40. The number of halogens is 1. The predicted molar refractivity (Wildman–Crippen MR) is 67.9 cm³/mol. The molecule has 17 heavy (non-hydrogen) atoms. The third kappa shape index (κ3) is 3.71. The molecule has 2 rings (SSSR count). The fourth-order valence-corrected chi connectivity index (χ4v) is 1.97. The molecule has 1 amide bonds. The number of aryl methyl sites for hydroxylation is 1. The summed E-state index contributed by atoms with van der Waals surface area (Å²) in [6.07, 6.45) is 3.82. The second-order valence-electron chi connectivity index (χ2n) is 4.21. The number of hydrogen-bond acceptors (Lipinski definition) is 3. The Kier molecular flexibility index (Phi) is 5.44. The van der Waals surface area contributed by atoms with E-state index in [1.807, 2.05) is 13.1 Å². The van der Waals surface area contributed by atoms with Crippen molar-refractivity contribution in [3.63, 3.8) is 0 Å². The second-order valence-corrected chi connectivity index (χ2v) is 4.21. The molecule has 1 atom stereocenters. The molecule has 6 heteroatoms. The summed E-state index contributed by atoms with van der Waals surface area (Å²) in [7, 11) is 1.88. The van der Waals surface area contributed by atoms with Crippen LogP contribution in [0.3, 0.4) is 0 Å². The van der Waals surface area contributed by atoms with Gasteiger partial charge >= 0.3 is 0 Å². The number of nitrogens with zero attached hydrogens (tertiary/aromatic N) is 2. The Morgan fingerprint density at radius 2 is 2.53 bits per heavy atom. The summed E-state index contributed by atoms with van der Waals surface area (Å²) < 4.78 is 1.78. The first kappa shape index (κ1) is 14.0. The molecule has 96 valence electrons. The van der Waals surface area contributed by atoms with Gasteiger partial charge in [0.15, 0.2) is 0 Å². The van der Waals surface area contributed by atoms with Crippen molar-refractivity contribution >= 4 is 18.3 Å². The van der Waals surface area contributed by atoms with Crippen molar-refractivity contribution in [1.82, 2.24) is 20.4 Å². The first-order valence-corrected chi connectivity index (χ1v) is 5.72. The van der Waals surface area contributed by atoms with Crippen molar-refractivity contribution in [3.05, 3.63) is 18.0 Å². The van der Waals surface area contributed by atoms with E-state index in [1.54, 1.807) is 10.9 Å². The fourth-order valence-electron chi connectivity index (χ4n) is 1.97. The maximum atomic E-state index is 11.8. The van der Waals surface area contributed by atoms with Crippen molar-refractivity contribution in [2.75, 3.05) is 13.1 Å². The van der Waals surface area contributed by atoms with Gasteiger partial charge in [0.25, 0.3) is 0 Å². The Balaban J connectivity index is 0.00000144. The largest absolute Gasteiger partial charge is 0.350 e. The average molecular weight is 259 g/mol. The number of piperidine rings is 1. The monoisotopic (exact) mass is 258 g/mol. The van der Waals surface area contributed by atoms with Crippen LogP contribution in [0.4, 0.5) is 0 Å². The SMILES string of the molecule is Cl.Cn1nccc1CNC(=O)C1CCCNC1. The number of aromatic nitrogens is 2. The quantitative estimate of drug-likeness (QED) is 0.828. The molecule has 0 aromatic carbocycles. The molecule has 1 unspecified atom stereocenters. The first-order valence-electron chi connectivity index (χ1n) is 5.72. The highest BCUT2D eigenvalue weighted by Gasteiger charge is 2.20. The van der Waals surface area contributed by atoms with E-state index < -0.39 is 0 Å². The van der Waals surface area contributed by atoms with Crippen LogP contribution in [0.25, 0.3) is 0 Å². The molecule has 2 heterocycles. The Morgan fingerprint density at radius 1 is 1.71 bits per heavy atom. The zero-order valence-electron chi connectivity index (χ0n) is 9.98. The van der Waals surface area contributed by atoms with Crippen LogP contribution in [0.2, 0.25) is 0 Å². The van der Waals surface area contributed by atoms with E-state index in [0.717, 1.165) is 31.6 Å². The summed E-state index contributed by atoms with van der Waals surface area (Å²) >= 11 is 0. The molecule has 0 saturated carbocycles. The summed E-state index contributed by atoms with van der Waals surface area (Å²) in [5.74, 6) is 0.273. The normalized spacial score (nSPS) is 19.5. The number of amides is 1. The van der Waals surface area contributed by atoms with Gasteiger partial charge in [0, 0.05) is 19.8 Å². The maximum Gasteiger partial charge on any atom is 0.224 e. The van der Waals surface area contributed by atoms with Crippen molar-refractivity contribution in [3.8, 4) is 0 Å². The van der Waals surface area contributed by atoms with E-state index in [4.69, 9.17) is 0 Å². The van der Waals surface area contributed by atoms with E-state index in [9.17, 15) is 4.79 Å². The van der Waals surface area contributed by atoms with Crippen molar-refractivity contribution in [2.45, 2.75) is 19.4 Å². The number of rotatable bonds is 3. The van der Waals surface area contributed by atoms with Gasteiger partial charge in [0.05, 0.1) is 18.2 Å². The number of carbonyl (C=O) groups is 1. The van der Waals surface area contributed by atoms with Gasteiger partial charge in [0.1, 0.15) is 0 Å². The molecule has 1 fully saturated rings. The lowest BCUT2D eigenvalue weighted by Gasteiger charge is -2.21. The molecule has 0 spiro atoms. The van der Waals surface area contributed by atoms with Gasteiger partial charge in [-0.3, -0.25) is 9.48 Å². The Bertz CT molecular complexity index is 360. The van der Waals surface area contributed by atoms with E-state index in [1.165, 1.54) is 0 Å². The van der Waals surface area contributed by atoms with Crippen LogP contribution in [-0.2, 0) is 18.4 Å². The minimum absolute atomic E-state index is 0. The molecule has 0 bridgehead atoms. The highest BCUT2D eigenvalue weighted by Crippen LogP contribution is 2.09. The van der Waals surface area contributed by atoms with Gasteiger partial charge < -0.3 is 10.6 Å². The highest BCUT2D eigenvalue weighted by atomic mass is 35.5. The van der Waals surface area contributed by atoms with Crippen LogP contribution < -0.4 is 10.6 Å². The molecule has 1 saturated heterocycles. The van der Waals surface area contributed by atoms with Gasteiger partial charge in [0.2, 0.25) is 5.91 Å². The fraction of sp³-hybridized carbons (Fsp3) is 0.636. The Morgan fingerprint density at radius 3 is 3.12 bits per heavy atom. The summed E-state index contributed by atoms with van der Waals surface area (Å²) in [6, 6.07) is 1.92. The topological polar surface area (TPSA) is 59.0 Å². The van der Waals surface area contributed by atoms with Crippen molar-refractivity contribution in [2.24, 2.45) is 13.0 Å². The second kappa shape index (κ2) is 6.61.